The first-order chi connectivity index (χ1) is 11.2. The number of fused-ring (bicyclic) bond motifs is 2. The van der Waals surface area contributed by atoms with E-state index in [1.165, 1.54) is 19.3 Å². The fraction of sp³-hybridized carbons (Fsp3) is 0.529. The van der Waals surface area contributed by atoms with Crippen molar-refractivity contribution in [3.8, 4) is 11.5 Å². The molecule has 1 aliphatic heterocycles. The van der Waals surface area contributed by atoms with E-state index in [0.717, 1.165) is 29.7 Å². The van der Waals surface area contributed by atoms with Crippen molar-refractivity contribution in [3.63, 3.8) is 0 Å². The largest absolute Gasteiger partial charge is 0.486 e. The number of benzene rings is 1. The Hall–Kier alpha value is -2.24. The van der Waals surface area contributed by atoms with Crippen LogP contribution >= 0.6 is 0 Å². The zero-order valence-corrected chi connectivity index (χ0v) is 13.0. The van der Waals surface area contributed by atoms with Gasteiger partial charge in [0.2, 0.25) is 0 Å². The van der Waals surface area contributed by atoms with Gasteiger partial charge in [-0.15, -0.1) is 0 Å². The molecule has 2 aromatic rings. The van der Waals surface area contributed by atoms with Crippen LogP contribution in [0.15, 0.2) is 12.1 Å². The summed E-state index contributed by atoms with van der Waals surface area (Å²) in [5, 5.41) is 9.30. The second-order valence-corrected chi connectivity index (χ2v) is 6.27. The number of ether oxygens (including phenoxy) is 2. The zero-order valence-electron chi connectivity index (χ0n) is 13.0. The second-order valence-electron chi connectivity index (χ2n) is 6.27. The van der Waals surface area contributed by atoms with Gasteiger partial charge >= 0.3 is 5.97 Å². The van der Waals surface area contributed by atoms with E-state index in [2.05, 4.69) is 0 Å². The Labute approximate surface area is 134 Å². The van der Waals surface area contributed by atoms with Crippen LogP contribution in [0.2, 0.25) is 0 Å². The van der Waals surface area contributed by atoms with Crippen LogP contribution in [0.4, 0.5) is 0 Å². The van der Waals surface area contributed by atoms with Crippen LogP contribution in [0.1, 0.15) is 43.8 Å². The van der Waals surface area contributed by atoms with Gasteiger partial charge in [-0.25, -0.2) is 4.98 Å². The van der Waals surface area contributed by atoms with Crippen molar-refractivity contribution in [2.45, 2.75) is 44.6 Å². The van der Waals surface area contributed by atoms with E-state index >= 15 is 0 Å². The summed E-state index contributed by atoms with van der Waals surface area (Å²) >= 11 is 0. The molecule has 0 saturated heterocycles. The van der Waals surface area contributed by atoms with Crippen molar-refractivity contribution in [2.75, 3.05) is 13.2 Å². The molecule has 1 fully saturated rings. The minimum atomic E-state index is -0.851. The monoisotopic (exact) mass is 316 g/mol. The van der Waals surface area contributed by atoms with Gasteiger partial charge in [0.15, 0.2) is 11.5 Å². The molecule has 0 bridgehead atoms. The average molecular weight is 316 g/mol. The number of aromatic nitrogens is 2. The third-order valence-electron chi connectivity index (χ3n) is 4.71. The van der Waals surface area contributed by atoms with E-state index in [-0.39, 0.29) is 6.54 Å². The molecule has 0 spiro atoms. The number of carboxylic acids is 1. The van der Waals surface area contributed by atoms with E-state index in [4.69, 9.17) is 14.5 Å². The van der Waals surface area contributed by atoms with E-state index in [1.807, 2.05) is 16.7 Å². The lowest BCUT2D eigenvalue weighted by atomic mass is 9.88. The summed E-state index contributed by atoms with van der Waals surface area (Å²) in [6, 6.07) is 3.74. The highest BCUT2D eigenvalue weighted by Gasteiger charge is 2.25. The molecule has 1 aromatic carbocycles. The summed E-state index contributed by atoms with van der Waals surface area (Å²) < 4.78 is 13.1. The van der Waals surface area contributed by atoms with Gasteiger partial charge in [-0.2, -0.15) is 0 Å². The van der Waals surface area contributed by atoms with Crippen LogP contribution in [0.3, 0.4) is 0 Å². The molecular weight excluding hydrogens is 296 g/mol. The molecule has 122 valence electrons. The van der Waals surface area contributed by atoms with Gasteiger partial charge in [0.05, 0.1) is 11.0 Å². The van der Waals surface area contributed by atoms with Gasteiger partial charge in [0.1, 0.15) is 25.6 Å². The van der Waals surface area contributed by atoms with Gasteiger partial charge in [-0.05, 0) is 12.8 Å². The highest BCUT2D eigenvalue weighted by Crippen LogP contribution is 2.38. The van der Waals surface area contributed by atoms with Crippen LogP contribution in [0.5, 0.6) is 11.5 Å². The highest BCUT2D eigenvalue weighted by molar-refractivity contribution is 5.82. The number of aliphatic carboxylic acids is 1. The van der Waals surface area contributed by atoms with E-state index in [9.17, 15) is 9.90 Å². The quantitative estimate of drug-likeness (QED) is 0.942. The van der Waals surface area contributed by atoms with E-state index in [0.29, 0.717) is 30.6 Å². The lowest BCUT2D eigenvalue weighted by Crippen LogP contribution is -2.17. The maximum absolute atomic E-state index is 11.3. The Morgan fingerprint density at radius 1 is 1.17 bits per heavy atom. The Balaban J connectivity index is 1.84. The SMILES string of the molecule is O=C(O)Cn1c(C2CCCCC2)nc2cc3c(cc21)OCCO3. The Kier molecular flexibility index (Phi) is 3.59. The summed E-state index contributed by atoms with van der Waals surface area (Å²) in [7, 11) is 0. The minimum absolute atomic E-state index is 0.0675. The molecule has 0 unspecified atom stereocenters. The molecule has 1 aromatic heterocycles. The number of rotatable bonds is 3. The molecule has 6 nitrogen and oxygen atoms in total. The average Bonchev–Trinajstić information content (AvgIpc) is 2.91. The van der Waals surface area contributed by atoms with Gasteiger partial charge in [0.25, 0.3) is 0 Å². The number of hydrogen-bond acceptors (Lipinski definition) is 4. The van der Waals surface area contributed by atoms with Crippen LogP contribution in [-0.4, -0.2) is 33.8 Å². The number of nitrogens with zero attached hydrogens (tertiary/aromatic N) is 2. The Bertz CT molecular complexity index is 747. The maximum Gasteiger partial charge on any atom is 0.323 e. The molecule has 4 rings (SSSR count). The lowest BCUT2D eigenvalue weighted by molar-refractivity contribution is -0.137. The summed E-state index contributed by atoms with van der Waals surface area (Å²) in [4.78, 5) is 16.1. The topological polar surface area (TPSA) is 73.6 Å². The van der Waals surface area contributed by atoms with Crippen molar-refractivity contribution in [3.05, 3.63) is 18.0 Å². The third-order valence-corrected chi connectivity index (χ3v) is 4.71. The number of imidazole rings is 1. The predicted octanol–water partition coefficient (Wildman–Crippen LogP) is 2.94. The second kappa shape index (κ2) is 5.76. The molecule has 6 heteroatoms. The summed E-state index contributed by atoms with van der Waals surface area (Å²) in [6.45, 7) is 0.979. The standard InChI is InChI=1S/C17H20N2O4/c20-16(21)10-19-13-9-15-14(22-6-7-23-15)8-12(13)18-17(19)11-4-2-1-3-5-11/h8-9,11H,1-7,10H2,(H,20,21). The molecule has 1 aliphatic carbocycles. The molecule has 1 saturated carbocycles. The number of carboxylic acid groups (broad SMARTS) is 1. The Morgan fingerprint density at radius 3 is 2.57 bits per heavy atom. The first-order valence-corrected chi connectivity index (χ1v) is 8.24. The predicted molar refractivity (Wildman–Crippen MR) is 84.2 cm³/mol. The molecular formula is C17H20N2O4. The van der Waals surface area contributed by atoms with Crippen LogP contribution in [0, 0.1) is 0 Å². The van der Waals surface area contributed by atoms with Crippen molar-refractivity contribution < 1.29 is 19.4 Å². The molecule has 0 atom stereocenters. The maximum atomic E-state index is 11.3. The molecule has 0 radical (unpaired) electrons. The van der Waals surface area contributed by atoms with Gasteiger partial charge in [-0.3, -0.25) is 4.79 Å². The summed E-state index contributed by atoms with van der Waals surface area (Å²) in [5.74, 6) is 1.75. The van der Waals surface area contributed by atoms with Gasteiger partial charge < -0.3 is 19.1 Å². The van der Waals surface area contributed by atoms with Crippen molar-refractivity contribution in [2.24, 2.45) is 0 Å². The smallest absolute Gasteiger partial charge is 0.323 e. The fourth-order valence-electron chi connectivity index (χ4n) is 3.65. The third kappa shape index (κ3) is 2.62. The highest BCUT2D eigenvalue weighted by atomic mass is 16.6. The number of hydrogen-bond donors (Lipinski definition) is 1. The summed E-state index contributed by atoms with van der Waals surface area (Å²) in [6.07, 6.45) is 5.78. The minimum Gasteiger partial charge on any atom is -0.486 e. The van der Waals surface area contributed by atoms with Crippen LogP contribution in [-0.2, 0) is 11.3 Å². The van der Waals surface area contributed by atoms with Crippen molar-refractivity contribution in [1.29, 1.82) is 0 Å². The number of carbonyl (C=O) groups is 1. The van der Waals surface area contributed by atoms with Gasteiger partial charge in [-0.1, -0.05) is 19.3 Å². The first kappa shape index (κ1) is 14.4. The summed E-state index contributed by atoms with van der Waals surface area (Å²) in [5.41, 5.74) is 1.60. The molecule has 2 heterocycles. The zero-order chi connectivity index (χ0) is 15.8. The molecule has 23 heavy (non-hydrogen) atoms. The van der Waals surface area contributed by atoms with Crippen molar-refractivity contribution >= 4 is 17.0 Å². The first-order valence-electron chi connectivity index (χ1n) is 8.24. The molecule has 2 aliphatic rings. The normalized spacial score (nSPS) is 18.3. The van der Waals surface area contributed by atoms with Crippen LogP contribution < -0.4 is 9.47 Å². The molecule has 1 N–H and O–H groups in total. The fourth-order valence-corrected chi connectivity index (χ4v) is 3.65. The van der Waals surface area contributed by atoms with Crippen molar-refractivity contribution in [1.82, 2.24) is 9.55 Å². The van der Waals surface area contributed by atoms with E-state index < -0.39 is 5.97 Å². The lowest BCUT2D eigenvalue weighted by Gasteiger charge is -2.22. The Morgan fingerprint density at radius 2 is 1.87 bits per heavy atom. The van der Waals surface area contributed by atoms with Gasteiger partial charge in [0, 0.05) is 18.1 Å². The van der Waals surface area contributed by atoms with Crippen LogP contribution in [0.25, 0.3) is 11.0 Å². The van der Waals surface area contributed by atoms with E-state index in [1.54, 1.807) is 0 Å². The molecule has 0 amide bonds.